The van der Waals surface area contributed by atoms with Crippen molar-refractivity contribution in [1.29, 1.82) is 0 Å². The molecule has 2 aromatic rings. The zero-order valence-corrected chi connectivity index (χ0v) is 19.0. The number of anilines is 1. The molecule has 1 aromatic heterocycles. The Morgan fingerprint density at radius 3 is 2.57 bits per heavy atom. The van der Waals surface area contributed by atoms with Crippen LogP contribution >= 0.6 is 0 Å². The number of alkyl halides is 5. The standard InChI is InChI=1S/C24H25F5N4O2/c25-20(26)21(34)33-14-23(22(33)35)13-31(17-8-3-1-6-15(17)23)12-19-30-16-7-2-4-9-18(16)32(19)11-5-10-24(27,28)29/h1,3,6,8,20H,2,4-5,7,9-14H2. The Morgan fingerprint density at radius 1 is 1.11 bits per heavy atom. The molecule has 1 unspecified atom stereocenters. The summed E-state index contributed by atoms with van der Waals surface area (Å²) in [5.74, 6) is -1.51. The van der Waals surface area contributed by atoms with Gasteiger partial charge in [0.1, 0.15) is 11.2 Å². The normalized spacial score (nSPS) is 21.5. The van der Waals surface area contributed by atoms with Gasteiger partial charge in [-0.1, -0.05) is 18.2 Å². The summed E-state index contributed by atoms with van der Waals surface area (Å²) in [4.78, 5) is 32.0. The van der Waals surface area contributed by atoms with Crippen molar-refractivity contribution in [2.24, 2.45) is 0 Å². The molecule has 1 aliphatic carbocycles. The highest BCUT2D eigenvalue weighted by Gasteiger charge is 2.61. The van der Waals surface area contributed by atoms with Crippen molar-refractivity contribution in [2.75, 3.05) is 18.0 Å². The summed E-state index contributed by atoms with van der Waals surface area (Å²) in [7, 11) is 0. The molecule has 0 bridgehead atoms. The van der Waals surface area contributed by atoms with E-state index in [1.165, 1.54) is 0 Å². The third kappa shape index (κ3) is 4.08. The van der Waals surface area contributed by atoms with Gasteiger partial charge in [-0.2, -0.15) is 22.0 Å². The van der Waals surface area contributed by atoms with E-state index in [9.17, 15) is 31.5 Å². The van der Waals surface area contributed by atoms with Crippen LogP contribution in [0.2, 0.25) is 0 Å². The van der Waals surface area contributed by atoms with Gasteiger partial charge >= 0.3 is 12.6 Å². The van der Waals surface area contributed by atoms with E-state index in [1.807, 2.05) is 15.5 Å². The highest BCUT2D eigenvalue weighted by atomic mass is 19.4. The van der Waals surface area contributed by atoms with Gasteiger partial charge in [0.25, 0.3) is 5.91 Å². The third-order valence-electron chi connectivity index (χ3n) is 7.24. The number of β-lactam (4-membered cyclic amide) rings is 1. The second-order valence-electron chi connectivity index (χ2n) is 9.48. The molecule has 1 spiro atoms. The largest absolute Gasteiger partial charge is 0.389 e. The van der Waals surface area contributed by atoms with E-state index < -0.39 is 36.3 Å². The summed E-state index contributed by atoms with van der Waals surface area (Å²) in [6, 6.07) is 7.15. The molecule has 2 aliphatic heterocycles. The van der Waals surface area contributed by atoms with Gasteiger partial charge in [0.05, 0.1) is 12.2 Å². The number of fused-ring (bicyclic) bond motifs is 3. The van der Waals surface area contributed by atoms with Gasteiger partial charge in [-0.15, -0.1) is 0 Å². The molecule has 6 nitrogen and oxygen atoms in total. The quantitative estimate of drug-likeness (QED) is 0.448. The fourth-order valence-electron chi connectivity index (χ4n) is 5.63. The molecular formula is C24H25F5N4O2. The van der Waals surface area contributed by atoms with Crippen molar-refractivity contribution in [3.05, 3.63) is 47.0 Å². The monoisotopic (exact) mass is 496 g/mol. The van der Waals surface area contributed by atoms with Gasteiger partial charge in [-0.05, 0) is 43.7 Å². The molecule has 1 atom stereocenters. The second-order valence-corrected chi connectivity index (χ2v) is 9.48. The maximum atomic E-state index is 13.0. The van der Waals surface area contributed by atoms with Crippen LogP contribution in [0.5, 0.6) is 0 Å². The minimum absolute atomic E-state index is 0.0526. The maximum absolute atomic E-state index is 13.0. The van der Waals surface area contributed by atoms with E-state index in [-0.39, 0.29) is 32.6 Å². The van der Waals surface area contributed by atoms with E-state index in [0.29, 0.717) is 16.3 Å². The summed E-state index contributed by atoms with van der Waals surface area (Å²) in [5.41, 5.74) is 2.21. The van der Waals surface area contributed by atoms with E-state index in [0.717, 1.165) is 42.8 Å². The van der Waals surface area contributed by atoms with Crippen LogP contribution in [0.25, 0.3) is 0 Å². The molecule has 0 radical (unpaired) electrons. The number of imide groups is 1. The number of nitrogens with zero attached hydrogens (tertiary/aromatic N) is 4. The van der Waals surface area contributed by atoms with Gasteiger partial charge < -0.3 is 9.47 Å². The molecule has 1 aromatic carbocycles. The van der Waals surface area contributed by atoms with Gasteiger partial charge in [0, 0.05) is 37.4 Å². The number of benzene rings is 1. The number of rotatable bonds is 6. The van der Waals surface area contributed by atoms with Crippen molar-refractivity contribution in [3.63, 3.8) is 0 Å². The van der Waals surface area contributed by atoms with Crippen molar-refractivity contribution >= 4 is 17.5 Å². The first-order chi connectivity index (χ1) is 16.6. The summed E-state index contributed by atoms with van der Waals surface area (Å²) in [5, 5.41) is 0. The van der Waals surface area contributed by atoms with Gasteiger partial charge in [0.2, 0.25) is 5.91 Å². The lowest BCUT2D eigenvalue weighted by Gasteiger charge is -2.45. The minimum atomic E-state index is -4.23. The summed E-state index contributed by atoms with van der Waals surface area (Å²) in [6.07, 6.45) is -4.94. The predicted molar refractivity (Wildman–Crippen MR) is 116 cm³/mol. The molecule has 1 fully saturated rings. The molecule has 11 heteroatoms. The number of carbonyl (C=O) groups excluding carboxylic acids is 2. The Balaban J connectivity index is 1.42. The first-order valence-corrected chi connectivity index (χ1v) is 11.7. The Bertz CT molecular complexity index is 1160. The lowest BCUT2D eigenvalue weighted by molar-refractivity contribution is -0.166. The van der Waals surface area contributed by atoms with Crippen LogP contribution in [0.1, 0.15) is 48.5 Å². The molecule has 188 valence electrons. The molecule has 3 heterocycles. The summed E-state index contributed by atoms with van der Waals surface area (Å²) >= 11 is 0. The van der Waals surface area contributed by atoms with Crippen LogP contribution in [0.15, 0.2) is 24.3 Å². The number of aryl methyl sites for hydroxylation is 1. The molecule has 1 saturated heterocycles. The number of amides is 2. The fourth-order valence-corrected chi connectivity index (χ4v) is 5.63. The van der Waals surface area contributed by atoms with E-state index >= 15 is 0 Å². The first kappa shape index (κ1) is 23.7. The smallest absolute Gasteiger partial charge is 0.362 e. The number of imidazole rings is 1. The average molecular weight is 496 g/mol. The number of para-hydroxylation sites is 1. The molecule has 3 aliphatic rings. The van der Waals surface area contributed by atoms with E-state index in [4.69, 9.17) is 4.98 Å². The van der Waals surface area contributed by atoms with Crippen LogP contribution in [-0.2, 0) is 40.9 Å². The average Bonchev–Trinajstić information content (AvgIpc) is 3.33. The third-order valence-corrected chi connectivity index (χ3v) is 7.24. The van der Waals surface area contributed by atoms with Crippen LogP contribution in [0, 0.1) is 0 Å². The van der Waals surface area contributed by atoms with E-state index in [2.05, 4.69) is 0 Å². The maximum Gasteiger partial charge on any atom is 0.389 e. The molecule has 0 N–H and O–H groups in total. The molecular weight excluding hydrogens is 471 g/mol. The second kappa shape index (κ2) is 8.60. The SMILES string of the molecule is O=C(C(F)F)N1CC2(CN(Cc3nc4c(n3CCCC(F)(F)F)CCCC4)c3ccccc32)C1=O. The topological polar surface area (TPSA) is 58.4 Å². The van der Waals surface area contributed by atoms with Crippen LogP contribution < -0.4 is 4.90 Å². The molecule has 5 rings (SSSR count). The van der Waals surface area contributed by atoms with Gasteiger partial charge in [-0.25, -0.2) is 4.98 Å². The number of hydrogen-bond acceptors (Lipinski definition) is 4. The van der Waals surface area contributed by atoms with Crippen LogP contribution in [-0.4, -0.2) is 52.0 Å². The Hall–Kier alpha value is -2.98. The van der Waals surface area contributed by atoms with Crippen molar-refractivity contribution < 1.29 is 31.5 Å². The molecule has 0 saturated carbocycles. The first-order valence-electron chi connectivity index (χ1n) is 11.7. The summed E-state index contributed by atoms with van der Waals surface area (Å²) < 4.78 is 66.1. The fraction of sp³-hybridized carbons (Fsp3) is 0.542. The number of carbonyl (C=O) groups is 2. The Kier molecular flexibility index (Phi) is 5.83. The number of halogens is 5. The van der Waals surface area contributed by atoms with Crippen LogP contribution in [0.3, 0.4) is 0 Å². The predicted octanol–water partition coefficient (Wildman–Crippen LogP) is 4.00. The molecule has 35 heavy (non-hydrogen) atoms. The number of aromatic nitrogens is 2. The zero-order chi connectivity index (χ0) is 25.0. The van der Waals surface area contributed by atoms with Crippen molar-refractivity contribution in [1.82, 2.24) is 14.5 Å². The summed E-state index contributed by atoms with van der Waals surface area (Å²) in [6.45, 7) is 0.540. The molecule has 2 amide bonds. The highest BCUT2D eigenvalue weighted by Crippen LogP contribution is 2.48. The number of hydrogen-bond donors (Lipinski definition) is 0. The van der Waals surface area contributed by atoms with Crippen molar-refractivity contribution in [3.8, 4) is 0 Å². The minimum Gasteiger partial charge on any atom is -0.362 e. The number of likely N-dealkylation sites (tertiary alicyclic amines) is 1. The Labute approximate surface area is 198 Å². The lowest BCUT2D eigenvalue weighted by atomic mass is 9.74. The van der Waals surface area contributed by atoms with Gasteiger partial charge in [0.15, 0.2) is 0 Å². The van der Waals surface area contributed by atoms with Crippen molar-refractivity contribution in [2.45, 2.75) is 69.6 Å². The van der Waals surface area contributed by atoms with Crippen LogP contribution in [0.4, 0.5) is 27.6 Å². The van der Waals surface area contributed by atoms with E-state index in [1.54, 1.807) is 18.2 Å². The highest BCUT2D eigenvalue weighted by molar-refractivity contribution is 6.09. The Morgan fingerprint density at radius 2 is 1.86 bits per heavy atom. The van der Waals surface area contributed by atoms with Gasteiger partial charge in [-0.3, -0.25) is 14.5 Å². The zero-order valence-electron chi connectivity index (χ0n) is 19.0. The lowest BCUT2D eigenvalue weighted by Crippen LogP contribution is -2.68.